The summed E-state index contributed by atoms with van der Waals surface area (Å²) in [4.78, 5) is 13.9. The monoisotopic (exact) mass is 252 g/mol. The first kappa shape index (κ1) is 14.7. The van der Waals surface area contributed by atoms with Gasteiger partial charge in [-0.2, -0.15) is 5.10 Å². The molecule has 18 heavy (non-hydrogen) atoms. The summed E-state index contributed by atoms with van der Waals surface area (Å²) in [6, 6.07) is 1.58. The van der Waals surface area contributed by atoms with Crippen LogP contribution in [-0.4, -0.2) is 29.4 Å². The molecule has 2 N–H and O–H groups in total. The first-order valence-corrected chi connectivity index (χ1v) is 6.53. The van der Waals surface area contributed by atoms with Crippen LogP contribution in [0.25, 0.3) is 0 Å². The molecular formula is C13H24N4O. The molecule has 1 rings (SSSR count). The second-order valence-electron chi connectivity index (χ2n) is 4.80. The molecule has 0 saturated carbocycles. The number of nitrogens with two attached hydrogens (primary N) is 1. The molecule has 0 aliphatic rings. The Morgan fingerprint density at radius 1 is 1.50 bits per heavy atom. The van der Waals surface area contributed by atoms with Gasteiger partial charge in [-0.25, -0.2) is 4.68 Å². The van der Waals surface area contributed by atoms with Gasteiger partial charge in [-0.3, -0.25) is 4.79 Å². The van der Waals surface area contributed by atoms with E-state index in [1.807, 2.05) is 18.9 Å². The number of hydrogen-bond donors (Lipinski definition) is 1. The molecule has 1 heterocycles. The van der Waals surface area contributed by atoms with E-state index in [-0.39, 0.29) is 11.6 Å². The molecule has 2 unspecified atom stereocenters. The Morgan fingerprint density at radius 3 is 2.67 bits per heavy atom. The standard InChI is InChI=1S/C13H24N4O/c1-5-10(3)12(14)9-17-13(18)7-11(8-15-17)16(4)6-2/h7-8,10,12H,5-6,9,14H2,1-4H3. The van der Waals surface area contributed by atoms with Crippen LogP contribution in [0.15, 0.2) is 17.1 Å². The Bertz CT molecular complexity index is 429. The predicted molar refractivity (Wildman–Crippen MR) is 74.9 cm³/mol. The van der Waals surface area contributed by atoms with E-state index >= 15 is 0 Å². The molecule has 0 spiro atoms. The van der Waals surface area contributed by atoms with E-state index in [2.05, 4.69) is 18.9 Å². The van der Waals surface area contributed by atoms with E-state index < -0.39 is 0 Å². The summed E-state index contributed by atoms with van der Waals surface area (Å²) in [6.45, 7) is 7.54. The van der Waals surface area contributed by atoms with E-state index in [4.69, 9.17) is 5.73 Å². The third-order valence-electron chi connectivity index (χ3n) is 3.53. The predicted octanol–water partition coefficient (Wildman–Crippen LogP) is 1.07. The number of aromatic nitrogens is 2. The van der Waals surface area contributed by atoms with Crippen molar-refractivity contribution in [1.29, 1.82) is 0 Å². The minimum Gasteiger partial charge on any atom is -0.373 e. The average molecular weight is 252 g/mol. The number of hydrogen-bond acceptors (Lipinski definition) is 4. The molecule has 1 aromatic rings. The Kier molecular flexibility index (Phi) is 5.34. The summed E-state index contributed by atoms with van der Waals surface area (Å²) >= 11 is 0. The third-order valence-corrected chi connectivity index (χ3v) is 3.53. The molecule has 0 aliphatic heterocycles. The van der Waals surface area contributed by atoms with E-state index in [0.29, 0.717) is 12.5 Å². The van der Waals surface area contributed by atoms with Crippen molar-refractivity contribution >= 4 is 5.69 Å². The molecule has 102 valence electrons. The molecule has 5 heteroatoms. The van der Waals surface area contributed by atoms with Gasteiger partial charge in [0.1, 0.15) is 0 Å². The molecule has 0 amide bonds. The van der Waals surface area contributed by atoms with Crippen molar-refractivity contribution in [2.75, 3.05) is 18.5 Å². The van der Waals surface area contributed by atoms with E-state index in [0.717, 1.165) is 18.7 Å². The molecule has 1 aromatic heterocycles. The fourth-order valence-corrected chi connectivity index (χ4v) is 1.63. The van der Waals surface area contributed by atoms with E-state index in [9.17, 15) is 4.79 Å². The third kappa shape index (κ3) is 3.57. The van der Waals surface area contributed by atoms with Crippen LogP contribution < -0.4 is 16.2 Å². The molecule has 0 bridgehead atoms. The molecule has 5 nitrogen and oxygen atoms in total. The van der Waals surface area contributed by atoms with Gasteiger partial charge in [0, 0.05) is 25.7 Å². The van der Waals surface area contributed by atoms with Gasteiger partial charge in [-0.05, 0) is 12.8 Å². The highest BCUT2D eigenvalue weighted by molar-refractivity contribution is 5.41. The maximum atomic E-state index is 11.9. The summed E-state index contributed by atoms with van der Waals surface area (Å²) in [5.74, 6) is 0.386. The second-order valence-corrected chi connectivity index (χ2v) is 4.80. The van der Waals surface area contributed by atoms with Crippen LogP contribution >= 0.6 is 0 Å². The van der Waals surface area contributed by atoms with Gasteiger partial charge >= 0.3 is 0 Å². The van der Waals surface area contributed by atoms with Gasteiger partial charge in [0.05, 0.1) is 18.4 Å². The highest BCUT2D eigenvalue weighted by Crippen LogP contribution is 2.08. The molecular weight excluding hydrogens is 228 g/mol. The zero-order chi connectivity index (χ0) is 13.7. The Labute approximate surface area is 109 Å². The zero-order valence-electron chi connectivity index (χ0n) is 11.8. The zero-order valence-corrected chi connectivity index (χ0v) is 11.8. The lowest BCUT2D eigenvalue weighted by molar-refractivity contribution is 0.373. The number of rotatable bonds is 6. The summed E-state index contributed by atoms with van der Waals surface area (Å²) in [5, 5.41) is 4.19. The fraction of sp³-hybridized carbons (Fsp3) is 0.692. The quantitative estimate of drug-likeness (QED) is 0.822. The van der Waals surface area contributed by atoms with Crippen molar-refractivity contribution in [2.24, 2.45) is 11.7 Å². The second kappa shape index (κ2) is 6.54. The SMILES string of the molecule is CCC(C)C(N)Cn1ncc(N(C)CC)cc1=O. The van der Waals surface area contributed by atoms with Gasteiger partial charge in [-0.15, -0.1) is 0 Å². The Balaban J connectivity index is 2.83. The molecule has 0 saturated heterocycles. The minimum atomic E-state index is -0.0912. The Hall–Kier alpha value is -1.36. The smallest absolute Gasteiger partial charge is 0.268 e. The van der Waals surface area contributed by atoms with Gasteiger partial charge < -0.3 is 10.6 Å². The van der Waals surface area contributed by atoms with Gasteiger partial charge in [0.2, 0.25) is 0 Å². The molecule has 0 aromatic carbocycles. The largest absolute Gasteiger partial charge is 0.373 e. The lowest BCUT2D eigenvalue weighted by Gasteiger charge is -2.20. The van der Waals surface area contributed by atoms with Crippen molar-refractivity contribution < 1.29 is 0 Å². The van der Waals surface area contributed by atoms with Gasteiger partial charge in [0.25, 0.3) is 5.56 Å². The van der Waals surface area contributed by atoms with Gasteiger partial charge in [-0.1, -0.05) is 20.3 Å². The van der Waals surface area contributed by atoms with Crippen molar-refractivity contribution in [3.63, 3.8) is 0 Å². The fourth-order valence-electron chi connectivity index (χ4n) is 1.63. The highest BCUT2D eigenvalue weighted by atomic mass is 16.1. The lowest BCUT2D eigenvalue weighted by atomic mass is 10.0. The van der Waals surface area contributed by atoms with E-state index in [1.54, 1.807) is 12.3 Å². The van der Waals surface area contributed by atoms with Crippen LogP contribution in [0.1, 0.15) is 27.2 Å². The van der Waals surface area contributed by atoms with Crippen LogP contribution in [0.4, 0.5) is 5.69 Å². The average Bonchev–Trinajstić information content (AvgIpc) is 2.38. The maximum absolute atomic E-state index is 11.9. The summed E-state index contributed by atoms with van der Waals surface area (Å²) < 4.78 is 1.45. The van der Waals surface area contributed by atoms with Crippen LogP contribution in [0.3, 0.4) is 0 Å². The summed E-state index contributed by atoms with van der Waals surface area (Å²) in [6.07, 6.45) is 2.72. The van der Waals surface area contributed by atoms with Crippen molar-refractivity contribution in [3.8, 4) is 0 Å². The maximum Gasteiger partial charge on any atom is 0.268 e. The summed E-state index contributed by atoms with van der Waals surface area (Å²) in [7, 11) is 1.94. The molecule has 0 radical (unpaired) electrons. The van der Waals surface area contributed by atoms with Crippen LogP contribution in [-0.2, 0) is 6.54 Å². The van der Waals surface area contributed by atoms with Crippen molar-refractivity contribution in [1.82, 2.24) is 9.78 Å². The van der Waals surface area contributed by atoms with Crippen LogP contribution in [0.2, 0.25) is 0 Å². The topological polar surface area (TPSA) is 64.2 Å². The molecule has 2 atom stereocenters. The normalized spacial score (nSPS) is 14.3. The Morgan fingerprint density at radius 2 is 2.17 bits per heavy atom. The van der Waals surface area contributed by atoms with Crippen LogP contribution in [0, 0.1) is 5.92 Å². The van der Waals surface area contributed by atoms with Gasteiger partial charge in [0.15, 0.2) is 0 Å². The number of anilines is 1. The number of nitrogens with zero attached hydrogens (tertiary/aromatic N) is 3. The highest BCUT2D eigenvalue weighted by Gasteiger charge is 2.13. The van der Waals surface area contributed by atoms with Crippen LogP contribution in [0.5, 0.6) is 0 Å². The lowest BCUT2D eigenvalue weighted by Crippen LogP contribution is -2.37. The molecule has 0 fully saturated rings. The van der Waals surface area contributed by atoms with E-state index in [1.165, 1.54) is 4.68 Å². The summed E-state index contributed by atoms with van der Waals surface area (Å²) in [5.41, 5.74) is 6.79. The first-order valence-electron chi connectivity index (χ1n) is 6.53. The van der Waals surface area contributed by atoms with Crippen molar-refractivity contribution in [2.45, 2.75) is 39.8 Å². The first-order chi connectivity index (χ1) is 8.49. The molecule has 0 aliphatic carbocycles. The van der Waals surface area contributed by atoms with Crippen molar-refractivity contribution in [3.05, 3.63) is 22.6 Å². The minimum absolute atomic E-state index is 0.0324.